The number of aromatic nitrogens is 5. The van der Waals surface area contributed by atoms with Gasteiger partial charge in [-0.05, 0) is 12.8 Å². The van der Waals surface area contributed by atoms with Crippen molar-refractivity contribution in [2.24, 2.45) is 14.1 Å². The van der Waals surface area contributed by atoms with Gasteiger partial charge in [0.25, 0.3) is 5.56 Å². The summed E-state index contributed by atoms with van der Waals surface area (Å²) in [6.45, 7) is 0. The van der Waals surface area contributed by atoms with Crippen molar-refractivity contribution < 1.29 is 0 Å². The summed E-state index contributed by atoms with van der Waals surface area (Å²) in [6, 6.07) is 0. The molecule has 0 spiro atoms. The molecule has 0 saturated heterocycles. The fourth-order valence-electron chi connectivity index (χ4n) is 1.74. The molecule has 0 atom stereocenters. The maximum Gasteiger partial charge on any atom is 0.352 e. The van der Waals surface area contributed by atoms with Crippen LogP contribution in [-0.4, -0.2) is 24.3 Å². The highest BCUT2D eigenvalue weighted by Crippen LogP contribution is 2.38. The molecule has 3 rings (SSSR count). The van der Waals surface area contributed by atoms with E-state index in [0.29, 0.717) is 11.7 Å². The quantitative estimate of drug-likeness (QED) is 0.647. The topological polar surface area (TPSA) is 82.7 Å². The Labute approximate surface area is 96.1 Å². The van der Waals surface area contributed by atoms with Gasteiger partial charge in [0, 0.05) is 20.0 Å². The lowest BCUT2D eigenvalue weighted by molar-refractivity contribution is 0.645. The van der Waals surface area contributed by atoms with Gasteiger partial charge >= 0.3 is 5.69 Å². The zero-order valence-corrected chi connectivity index (χ0v) is 9.54. The maximum absolute atomic E-state index is 11.9. The van der Waals surface area contributed by atoms with E-state index >= 15 is 0 Å². The van der Waals surface area contributed by atoms with Gasteiger partial charge in [0.2, 0.25) is 0 Å². The van der Waals surface area contributed by atoms with E-state index in [0.717, 1.165) is 17.4 Å². The lowest BCUT2D eigenvalue weighted by Crippen LogP contribution is -2.37. The minimum atomic E-state index is -0.583. The molecule has 0 aromatic carbocycles. The van der Waals surface area contributed by atoms with Crippen molar-refractivity contribution in [3.63, 3.8) is 0 Å². The Morgan fingerprint density at radius 1 is 1.18 bits per heavy atom. The van der Waals surface area contributed by atoms with E-state index in [4.69, 9.17) is 0 Å². The maximum atomic E-state index is 11.9. The second kappa shape index (κ2) is 3.22. The smallest absolute Gasteiger partial charge is 0.267 e. The van der Waals surface area contributed by atoms with E-state index in [1.807, 2.05) is 0 Å². The highest BCUT2D eigenvalue weighted by molar-refractivity contribution is 5.48. The van der Waals surface area contributed by atoms with Crippen LogP contribution in [0.5, 0.6) is 0 Å². The predicted molar refractivity (Wildman–Crippen MR) is 58.9 cm³/mol. The van der Waals surface area contributed by atoms with Crippen LogP contribution < -0.4 is 11.2 Å². The summed E-state index contributed by atoms with van der Waals surface area (Å²) in [6.07, 6.45) is 2.11. The summed E-state index contributed by atoms with van der Waals surface area (Å²) in [5.41, 5.74) is -0.785. The average Bonchev–Trinajstić information content (AvgIpc) is 3.11. The highest BCUT2D eigenvalue weighted by Gasteiger charge is 2.29. The number of nitrogens with zero attached hydrogens (tertiary/aromatic N) is 5. The Morgan fingerprint density at radius 2 is 1.88 bits per heavy atom. The minimum Gasteiger partial charge on any atom is -0.267 e. The average molecular weight is 233 g/mol. The van der Waals surface area contributed by atoms with E-state index in [1.165, 1.54) is 11.7 Å². The van der Waals surface area contributed by atoms with Gasteiger partial charge < -0.3 is 0 Å². The minimum absolute atomic E-state index is 0.214. The van der Waals surface area contributed by atoms with Crippen molar-refractivity contribution in [1.29, 1.82) is 0 Å². The molecule has 0 amide bonds. The third-order valence-electron chi connectivity index (χ3n) is 2.94. The van der Waals surface area contributed by atoms with Gasteiger partial charge in [0.15, 0.2) is 17.3 Å². The molecule has 1 saturated carbocycles. The molecule has 3 aliphatic rings. The fourth-order valence-corrected chi connectivity index (χ4v) is 1.74. The summed E-state index contributed by atoms with van der Waals surface area (Å²) in [7, 11) is 3.07. The van der Waals surface area contributed by atoms with Gasteiger partial charge in [-0.1, -0.05) is 0 Å². The summed E-state index contributed by atoms with van der Waals surface area (Å²) in [4.78, 5) is 31.4. The SMILES string of the molecule is Cn1nc(C2CC2)nc2c(=O)n(C)c(=O)nc1-2. The second-order valence-electron chi connectivity index (χ2n) is 4.30. The molecule has 0 unspecified atom stereocenters. The first-order valence-corrected chi connectivity index (χ1v) is 5.40. The summed E-state index contributed by atoms with van der Waals surface area (Å²) >= 11 is 0. The van der Waals surface area contributed by atoms with Crippen LogP contribution >= 0.6 is 0 Å². The van der Waals surface area contributed by atoms with Gasteiger partial charge in [0.1, 0.15) is 0 Å². The van der Waals surface area contributed by atoms with Crippen LogP contribution in [0.25, 0.3) is 11.5 Å². The Balaban J connectivity index is 2.40. The number of hydrogen-bond donors (Lipinski definition) is 0. The van der Waals surface area contributed by atoms with E-state index in [-0.39, 0.29) is 11.5 Å². The third-order valence-corrected chi connectivity index (χ3v) is 2.94. The van der Waals surface area contributed by atoms with Crippen molar-refractivity contribution in [3.05, 3.63) is 26.7 Å². The number of fused-ring (bicyclic) bond motifs is 1. The van der Waals surface area contributed by atoms with Gasteiger partial charge in [-0.15, -0.1) is 0 Å². The lowest BCUT2D eigenvalue weighted by Gasteiger charge is -2.10. The van der Waals surface area contributed by atoms with Gasteiger partial charge in [0.05, 0.1) is 0 Å². The molecule has 17 heavy (non-hydrogen) atoms. The molecule has 7 nitrogen and oxygen atoms in total. The zero-order valence-electron chi connectivity index (χ0n) is 9.54. The van der Waals surface area contributed by atoms with E-state index in [9.17, 15) is 9.59 Å². The Hall–Kier alpha value is -2.05. The first kappa shape index (κ1) is 10.1. The van der Waals surface area contributed by atoms with E-state index in [2.05, 4.69) is 15.1 Å². The van der Waals surface area contributed by atoms with Crippen LogP contribution in [0.2, 0.25) is 0 Å². The van der Waals surface area contributed by atoms with Gasteiger partial charge in [-0.2, -0.15) is 10.1 Å². The Kier molecular flexibility index (Phi) is 1.92. The molecular formula is C10H11N5O2. The Bertz CT molecular complexity index is 682. The molecule has 0 radical (unpaired) electrons. The van der Waals surface area contributed by atoms with Crippen LogP contribution in [0.1, 0.15) is 24.6 Å². The van der Waals surface area contributed by atoms with Gasteiger partial charge in [-0.25, -0.2) is 14.5 Å². The van der Waals surface area contributed by atoms with Gasteiger partial charge in [-0.3, -0.25) is 9.36 Å². The first-order valence-electron chi connectivity index (χ1n) is 5.40. The second-order valence-corrected chi connectivity index (χ2v) is 4.30. The van der Waals surface area contributed by atoms with Crippen LogP contribution in [0.15, 0.2) is 9.59 Å². The monoisotopic (exact) mass is 233 g/mol. The lowest BCUT2D eigenvalue weighted by atomic mass is 10.3. The normalized spacial score (nSPS) is 15.4. The van der Waals surface area contributed by atoms with Crippen molar-refractivity contribution in [2.75, 3.05) is 0 Å². The summed E-state index contributed by atoms with van der Waals surface area (Å²) < 4.78 is 2.42. The largest absolute Gasteiger partial charge is 0.352 e. The third kappa shape index (κ3) is 1.46. The van der Waals surface area contributed by atoms with Crippen LogP contribution in [-0.2, 0) is 14.1 Å². The zero-order chi connectivity index (χ0) is 12.2. The molecule has 0 aromatic rings. The van der Waals surface area contributed by atoms with Crippen LogP contribution in [0, 0.1) is 0 Å². The molecular weight excluding hydrogens is 222 g/mol. The molecule has 1 fully saturated rings. The van der Waals surface area contributed by atoms with Crippen molar-refractivity contribution in [2.45, 2.75) is 18.8 Å². The number of aryl methyl sites for hydroxylation is 1. The van der Waals surface area contributed by atoms with Crippen LogP contribution in [0.4, 0.5) is 0 Å². The first-order chi connectivity index (χ1) is 8.08. The Morgan fingerprint density at radius 3 is 2.53 bits per heavy atom. The standard InChI is InChI=1S/C10H11N5O2/c1-14-9(16)6-8(12-10(14)17)15(2)13-7(11-6)5-3-4-5/h5H,3-4H2,1-2H3. The van der Waals surface area contributed by atoms with Crippen LogP contribution in [0.3, 0.4) is 0 Å². The summed E-state index contributed by atoms with van der Waals surface area (Å²) in [5, 5.41) is 4.23. The molecule has 0 N–H and O–H groups in total. The molecule has 88 valence electrons. The molecule has 2 aliphatic heterocycles. The molecule has 0 aromatic heterocycles. The van der Waals surface area contributed by atoms with Crippen molar-refractivity contribution >= 4 is 0 Å². The predicted octanol–water partition coefficient (Wildman–Crippen LogP) is -0.749. The molecule has 7 heteroatoms. The number of hydrogen-bond acceptors (Lipinski definition) is 5. The molecule has 2 heterocycles. The highest BCUT2D eigenvalue weighted by atomic mass is 16.2. The fraction of sp³-hybridized carbons (Fsp3) is 0.500. The van der Waals surface area contributed by atoms with E-state index in [1.54, 1.807) is 7.05 Å². The van der Waals surface area contributed by atoms with E-state index < -0.39 is 11.2 Å². The number of rotatable bonds is 1. The van der Waals surface area contributed by atoms with Crippen molar-refractivity contribution in [3.8, 4) is 11.5 Å². The molecule has 0 bridgehead atoms. The summed E-state index contributed by atoms with van der Waals surface area (Å²) in [5.74, 6) is 1.25. The van der Waals surface area contributed by atoms with Crippen molar-refractivity contribution in [1.82, 2.24) is 24.3 Å². The molecule has 1 aliphatic carbocycles.